The molecule has 28 heavy (non-hydrogen) atoms. The molecule has 0 spiro atoms. The molecule has 0 fully saturated rings. The molecular formula is C23H30N2O3. The number of ether oxygens (including phenoxy) is 1. The number of hydrogen-bond acceptors (Lipinski definition) is 3. The zero-order chi connectivity index (χ0) is 20.5. The van der Waals surface area contributed by atoms with Gasteiger partial charge in [-0.25, -0.2) is 0 Å². The zero-order valence-corrected chi connectivity index (χ0v) is 17.2. The molecule has 2 rings (SSSR count). The highest BCUT2D eigenvalue weighted by Gasteiger charge is 2.26. The van der Waals surface area contributed by atoms with Crippen LogP contribution in [0.15, 0.2) is 48.5 Å². The van der Waals surface area contributed by atoms with E-state index in [-0.39, 0.29) is 18.2 Å². The summed E-state index contributed by atoms with van der Waals surface area (Å²) in [6.07, 6.45) is 1.11. The van der Waals surface area contributed by atoms with E-state index < -0.39 is 6.04 Å². The molecule has 2 aromatic carbocycles. The Balaban J connectivity index is 2.21. The third-order valence-corrected chi connectivity index (χ3v) is 4.68. The minimum absolute atomic E-state index is 0.0779. The van der Waals surface area contributed by atoms with Crippen LogP contribution in [-0.4, -0.2) is 36.4 Å². The Bertz CT molecular complexity index is 787. The van der Waals surface area contributed by atoms with E-state index in [9.17, 15) is 9.59 Å². The highest BCUT2D eigenvalue weighted by Crippen LogP contribution is 2.17. The lowest BCUT2D eigenvalue weighted by molar-refractivity contribution is -0.140. The van der Waals surface area contributed by atoms with E-state index in [1.54, 1.807) is 18.9 Å². The highest BCUT2D eigenvalue weighted by atomic mass is 16.5. The first kappa shape index (κ1) is 21.5. The van der Waals surface area contributed by atoms with Crippen LogP contribution in [0.1, 0.15) is 37.0 Å². The molecule has 0 aromatic heterocycles. The van der Waals surface area contributed by atoms with Gasteiger partial charge in [-0.3, -0.25) is 9.59 Å². The molecular weight excluding hydrogens is 352 g/mol. The third-order valence-electron chi connectivity index (χ3n) is 4.68. The number of benzene rings is 2. The zero-order valence-electron chi connectivity index (χ0n) is 17.2. The van der Waals surface area contributed by atoms with Crippen molar-refractivity contribution in [2.45, 2.75) is 46.2 Å². The fourth-order valence-electron chi connectivity index (χ4n) is 2.93. The number of methoxy groups -OCH3 is 1. The van der Waals surface area contributed by atoms with Gasteiger partial charge in [0.05, 0.1) is 13.5 Å². The Morgan fingerprint density at radius 1 is 1.11 bits per heavy atom. The van der Waals surface area contributed by atoms with Crippen LogP contribution in [0, 0.1) is 6.92 Å². The SMILES string of the molecule is CCCNC(=O)[C@H](C)N(Cc1cccc(OC)c1)C(=O)Cc1ccc(C)cc1. The van der Waals surface area contributed by atoms with Gasteiger partial charge < -0.3 is 15.0 Å². The van der Waals surface area contributed by atoms with Gasteiger partial charge in [-0.2, -0.15) is 0 Å². The smallest absolute Gasteiger partial charge is 0.242 e. The molecule has 0 radical (unpaired) electrons. The van der Waals surface area contributed by atoms with Gasteiger partial charge in [0.2, 0.25) is 11.8 Å². The average molecular weight is 383 g/mol. The van der Waals surface area contributed by atoms with Crippen molar-refractivity contribution in [1.29, 1.82) is 0 Å². The molecule has 2 aromatic rings. The molecule has 5 nitrogen and oxygen atoms in total. The predicted molar refractivity (Wildman–Crippen MR) is 111 cm³/mol. The first-order valence-electron chi connectivity index (χ1n) is 9.70. The number of carbonyl (C=O) groups is 2. The van der Waals surface area contributed by atoms with Gasteiger partial charge in [0, 0.05) is 13.1 Å². The van der Waals surface area contributed by atoms with E-state index in [4.69, 9.17) is 4.74 Å². The molecule has 150 valence electrons. The van der Waals surface area contributed by atoms with Gasteiger partial charge >= 0.3 is 0 Å². The topological polar surface area (TPSA) is 58.6 Å². The molecule has 0 saturated carbocycles. The summed E-state index contributed by atoms with van der Waals surface area (Å²) in [7, 11) is 1.61. The molecule has 0 bridgehead atoms. The van der Waals surface area contributed by atoms with E-state index in [0.29, 0.717) is 13.1 Å². The van der Waals surface area contributed by atoms with Crippen LogP contribution < -0.4 is 10.1 Å². The summed E-state index contributed by atoms with van der Waals surface area (Å²) in [4.78, 5) is 27.3. The van der Waals surface area contributed by atoms with Gasteiger partial charge in [-0.05, 0) is 43.5 Å². The normalized spacial score (nSPS) is 11.6. The molecule has 0 aliphatic rings. The first-order valence-corrected chi connectivity index (χ1v) is 9.70. The molecule has 1 atom stereocenters. The summed E-state index contributed by atoms with van der Waals surface area (Å²) < 4.78 is 5.28. The number of nitrogens with one attached hydrogen (secondary N) is 1. The summed E-state index contributed by atoms with van der Waals surface area (Å²) in [5.41, 5.74) is 3.01. The molecule has 0 unspecified atom stereocenters. The van der Waals surface area contributed by atoms with Gasteiger partial charge in [0.25, 0.3) is 0 Å². The summed E-state index contributed by atoms with van der Waals surface area (Å²) in [5, 5.41) is 2.89. The van der Waals surface area contributed by atoms with Gasteiger partial charge in [0.1, 0.15) is 11.8 Å². The van der Waals surface area contributed by atoms with Crippen molar-refractivity contribution in [3.63, 3.8) is 0 Å². The number of aryl methyl sites for hydroxylation is 1. The van der Waals surface area contributed by atoms with Gasteiger partial charge in [-0.15, -0.1) is 0 Å². The Kier molecular flexibility index (Phi) is 8.05. The van der Waals surface area contributed by atoms with E-state index in [2.05, 4.69) is 5.32 Å². The molecule has 0 heterocycles. The fraction of sp³-hybridized carbons (Fsp3) is 0.391. The van der Waals surface area contributed by atoms with E-state index in [1.165, 1.54) is 0 Å². The molecule has 1 N–H and O–H groups in total. The van der Waals surface area contributed by atoms with E-state index in [1.807, 2.05) is 62.4 Å². The average Bonchev–Trinajstić information content (AvgIpc) is 2.71. The van der Waals surface area contributed by atoms with Crippen molar-refractivity contribution < 1.29 is 14.3 Å². The molecule has 2 amide bonds. The number of rotatable bonds is 9. The Morgan fingerprint density at radius 3 is 2.46 bits per heavy atom. The van der Waals surface area contributed by atoms with Crippen molar-refractivity contribution in [2.24, 2.45) is 0 Å². The van der Waals surface area contributed by atoms with Crippen LogP contribution in [0.25, 0.3) is 0 Å². The fourth-order valence-corrected chi connectivity index (χ4v) is 2.93. The summed E-state index contributed by atoms with van der Waals surface area (Å²) in [5.74, 6) is 0.513. The molecule has 5 heteroatoms. The highest BCUT2D eigenvalue weighted by molar-refractivity contribution is 5.88. The van der Waals surface area contributed by atoms with Crippen LogP contribution >= 0.6 is 0 Å². The van der Waals surface area contributed by atoms with Crippen molar-refractivity contribution in [1.82, 2.24) is 10.2 Å². The minimum atomic E-state index is -0.560. The maximum absolute atomic E-state index is 13.1. The number of hydrogen-bond donors (Lipinski definition) is 1. The standard InChI is InChI=1S/C23H30N2O3/c1-5-13-24-23(27)18(3)25(16-20-7-6-8-21(14-20)28-4)22(26)15-19-11-9-17(2)10-12-19/h6-12,14,18H,5,13,15-16H2,1-4H3,(H,24,27)/t18-/m0/s1. The van der Waals surface area contributed by atoms with E-state index >= 15 is 0 Å². The number of nitrogens with zero attached hydrogens (tertiary/aromatic N) is 1. The predicted octanol–water partition coefficient (Wildman–Crippen LogP) is 3.49. The summed E-state index contributed by atoms with van der Waals surface area (Å²) in [6.45, 7) is 6.74. The number of amides is 2. The Hall–Kier alpha value is -2.82. The lowest BCUT2D eigenvalue weighted by Crippen LogP contribution is -2.48. The second-order valence-corrected chi connectivity index (χ2v) is 7.00. The quantitative estimate of drug-likeness (QED) is 0.722. The summed E-state index contributed by atoms with van der Waals surface area (Å²) >= 11 is 0. The van der Waals surface area contributed by atoms with Crippen molar-refractivity contribution in [3.05, 3.63) is 65.2 Å². The van der Waals surface area contributed by atoms with Crippen LogP contribution in [0.4, 0.5) is 0 Å². The van der Waals surface area contributed by atoms with Crippen molar-refractivity contribution in [3.8, 4) is 5.75 Å². The molecule has 0 aliphatic carbocycles. The van der Waals surface area contributed by atoms with Crippen molar-refractivity contribution >= 4 is 11.8 Å². The van der Waals surface area contributed by atoms with Gasteiger partial charge in [0.15, 0.2) is 0 Å². The van der Waals surface area contributed by atoms with E-state index in [0.717, 1.165) is 28.9 Å². The maximum Gasteiger partial charge on any atom is 0.242 e. The van der Waals surface area contributed by atoms with Crippen LogP contribution in [0.3, 0.4) is 0 Å². The second kappa shape index (κ2) is 10.5. The lowest BCUT2D eigenvalue weighted by atomic mass is 10.1. The van der Waals surface area contributed by atoms with Crippen LogP contribution in [-0.2, 0) is 22.6 Å². The van der Waals surface area contributed by atoms with Gasteiger partial charge in [-0.1, -0.05) is 48.9 Å². The third kappa shape index (κ3) is 6.12. The van der Waals surface area contributed by atoms with Crippen LogP contribution in [0.2, 0.25) is 0 Å². The molecule has 0 aliphatic heterocycles. The Labute approximate surface area is 167 Å². The minimum Gasteiger partial charge on any atom is -0.497 e. The van der Waals surface area contributed by atoms with Crippen LogP contribution in [0.5, 0.6) is 5.75 Å². The second-order valence-electron chi connectivity index (χ2n) is 7.00. The maximum atomic E-state index is 13.1. The first-order chi connectivity index (χ1) is 13.4. The lowest BCUT2D eigenvalue weighted by Gasteiger charge is -2.29. The Morgan fingerprint density at radius 2 is 1.82 bits per heavy atom. The monoisotopic (exact) mass is 382 g/mol. The number of carbonyl (C=O) groups excluding carboxylic acids is 2. The molecule has 0 saturated heterocycles. The summed E-state index contributed by atoms with van der Waals surface area (Å²) in [6, 6.07) is 14.9. The largest absolute Gasteiger partial charge is 0.497 e. The van der Waals surface area contributed by atoms with Crippen molar-refractivity contribution in [2.75, 3.05) is 13.7 Å².